The zero-order valence-corrected chi connectivity index (χ0v) is 21.4. The predicted octanol–water partition coefficient (Wildman–Crippen LogP) is 4.14. The number of aliphatic hydroxyl groups is 1. The van der Waals surface area contributed by atoms with Crippen LogP contribution in [0.15, 0.2) is 54.6 Å². The van der Waals surface area contributed by atoms with Crippen molar-refractivity contribution in [1.29, 1.82) is 0 Å². The minimum Gasteiger partial charge on any atom is -0.497 e. The van der Waals surface area contributed by atoms with E-state index in [9.17, 15) is 5.11 Å². The second-order valence-corrected chi connectivity index (χ2v) is 15.6. The van der Waals surface area contributed by atoms with E-state index in [0.717, 1.165) is 22.9 Å². The zero-order chi connectivity index (χ0) is 24.1. The molecule has 2 aromatic rings. The number of aliphatic hydroxyl groups excluding tert-OH is 1. The van der Waals surface area contributed by atoms with Crippen molar-refractivity contribution in [2.75, 3.05) is 20.3 Å². The number of benzene rings is 2. The Morgan fingerprint density at radius 2 is 1.71 bits per heavy atom. The van der Waals surface area contributed by atoms with E-state index >= 15 is 0 Å². The van der Waals surface area contributed by atoms with Gasteiger partial charge in [-0.1, -0.05) is 62.1 Å². The molecule has 2 saturated heterocycles. The Morgan fingerprint density at radius 1 is 0.971 bits per heavy atom. The molecule has 2 aromatic carbocycles. The summed E-state index contributed by atoms with van der Waals surface area (Å²) in [6.45, 7) is 8.07. The van der Waals surface area contributed by atoms with Crippen molar-refractivity contribution in [2.24, 2.45) is 0 Å². The van der Waals surface area contributed by atoms with E-state index in [-0.39, 0.29) is 0 Å². The highest BCUT2D eigenvalue weighted by atomic mass is 28.3. The lowest BCUT2D eigenvalue weighted by molar-refractivity contribution is -0.366. The van der Waals surface area contributed by atoms with E-state index in [1.54, 1.807) is 7.11 Å². The molecular weight excluding hydrogens is 452 g/mol. The molecule has 0 aliphatic carbocycles. The number of rotatable bonds is 9. The highest BCUT2D eigenvalue weighted by molar-refractivity contribution is 6.76. The molecule has 0 amide bonds. The fourth-order valence-electron chi connectivity index (χ4n) is 4.07. The second kappa shape index (κ2) is 11.3. The summed E-state index contributed by atoms with van der Waals surface area (Å²) in [5, 5.41) is 11.2. The van der Waals surface area contributed by atoms with Crippen molar-refractivity contribution in [3.05, 3.63) is 65.7 Å². The summed E-state index contributed by atoms with van der Waals surface area (Å²) in [6, 6.07) is 18.4. The molecule has 7 nitrogen and oxygen atoms in total. The molecule has 0 bridgehead atoms. The van der Waals surface area contributed by atoms with Crippen LogP contribution >= 0.6 is 0 Å². The lowest BCUT2D eigenvalue weighted by Crippen LogP contribution is -2.63. The fraction of sp³-hybridized carbons (Fsp3) is 0.538. The monoisotopic (exact) mass is 488 g/mol. The number of hydrogen-bond acceptors (Lipinski definition) is 7. The van der Waals surface area contributed by atoms with Crippen LogP contribution in [0.3, 0.4) is 0 Å². The predicted molar refractivity (Wildman–Crippen MR) is 130 cm³/mol. The van der Waals surface area contributed by atoms with Crippen LogP contribution in [0.25, 0.3) is 0 Å². The Hall–Kier alpha value is -1.78. The maximum atomic E-state index is 11.2. The average Bonchev–Trinajstić information content (AvgIpc) is 2.83. The molecule has 2 aliphatic rings. The first-order valence-corrected chi connectivity index (χ1v) is 15.6. The van der Waals surface area contributed by atoms with Crippen LogP contribution in [0, 0.1) is 0 Å². The summed E-state index contributed by atoms with van der Waals surface area (Å²) in [7, 11) is 0.350. The molecule has 2 fully saturated rings. The Labute approximate surface area is 202 Å². The van der Waals surface area contributed by atoms with Gasteiger partial charge in [0, 0.05) is 20.2 Å². The summed E-state index contributed by atoms with van der Waals surface area (Å²) in [5.74, 6) is 0.760. The van der Waals surface area contributed by atoms with Gasteiger partial charge >= 0.3 is 0 Å². The van der Waals surface area contributed by atoms with Gasteiger partial charge in [0.25, 0.3) is 0 Å². The first-order valence-electron chi connectivity index (χ1n) is 11.9. The number of ether oxygens (including phenoxy) is 6. The van der Waals surface area contributed by atoms with Crippen molar-refractivity contribution in [1.82, 2.24) is 0 Å². The molecule has 186 valence electrons. The van der Waals surface area contributed by atoms with Gasteiger partial charge in [0.2, 0.25) is 0 Å². The van der Waals surface area contributed by atoms with Crippen molar-refractivity contribution in [3.63, 3.8) is 0 Å². The maximum absolute atomic E-state index is 11.2. The van der Waals surface area contributed by atoms with Crippen molar-refractivity contribution in [3.8, 4) is 5.75 Å². The lowest BCUT2D eigenvalue weighted by Gasteiger charge is -2.47. The lowest BCUT2D eigenvalue weighted by atomic mass is 9.97. The van der Waals surface area contributed by atoms with Crippen molar-refractivity contribution < 1.29 is 33.5 Å². The molecule has 4 rings (SSSR count). The van der Waals surface area contributed by atoms with E-state index in [1.807, 2.05) is 54.6 Å². The van der Waals surface area contributed by atoms with E-state index in [4.69, 9.17) is 28.4 Å². The largest absolute Gasteiger partial charge is 0.497 e. The minimum atomic E-state index is -1.28. The highest BCUT2D eigenvalue weighted by Gasteiger charge is 2.50. The summed E-state index contributed by atoms with van der Waals surface area (Å²) < 4.78 is 35.9. The molecule has 34 heavy (non-hydrogen) atoms. The third-order valence-electron chi connectivity index (χ3n) is 6.11. The third kappa shape index (κ3) is 6.45. The van der Waals surface area contributed by atoms with Crippen LogP contribution in [-0.4, -0.2) is 64.2 Å². The van der Waals surface area contributed by atoms with E-state index < -0.39 is 45.1 Å². The van der Waals surface area contributed by atoms with Gasteiger partial charge in [0.05, 0.1) is 20.3 Å². The minimum absolute atomic E-state index is 0.313. The third-order valence-corrected chi connectivity index (χ3v) is 7.82. The highest BCUT2D eigenvalue weighted by Crippen LogP contribution is 2.36. The fourth-order valence-corrected chi connectivity index (χ4v) is 4.80. The molecule has 0 spiro atoms. The molecule has 0 radical (unpaired) electrons. The van der Waals surface area contributed by atoms with E-state index in [1.165, 1.54) is 0 Å². The summed E-state index contributed by atoms with van der Waals surface area (Å²) in [5.41, 5.74) is 1.89. The van der Waals surface area contributed by atoms with Crippen LogP contribution in [0.4, 0.5) is 0 Å². The zero-order valence-electron chi connectivity index (χ0n) is 20.4. The van der Waals surface area contributed by atoms with Gasteiger partial charge in [0.1, 0.15) is 30.2 Å². The van der Waals surface area contributed by atoms with Crippen LogP contribution < -0.4 is 4.74 Å². The Kier molecular flexibility index (Phi) is 8.42. The van der Waals surface area contributed by atoms with Gasteiger partial charge in [-0.15, -0.1) is 0 Å². The molecule has 2 heterocycles. The quantitative estimate of drug-likeness (QED) is 0.532. The second-order valence-electron chi connectivity index (χ2n) is 10.0. The van der Waals surface area contributed by atoms with Gasteiger partial charge in [0.15, 0.2) is 12.6 Å². The molecule has 6 atom stereocenters. The van der Waals surface area contributed by atoms with Crippen LogP contribution in [-0.2, 0) is 30.3 Å². The smallest absolute Gasteiger partial charge is 0.186 e. The molecule has 0 saturated carbocycles. The number of fused-ring (bicyclic) bond motifs is 1. The first kappa shape index (κ1) is 25.3. The average molecular weight is 489 g/mol. The van der Waals surface area contributed by atoms with Crippen LogP contribution in [0.1, 0.15) is 17.4 Å². The van der Waals surface area contributed by atoms with Crippen molar-refractivity contribution in [2.45, 2.75) is 69.3 Å². The van der Waals surface area contributed by atoms with Crippen molar-refractivity contribution >= 4 is 8.07 Å². The topological polar surface area (TPSA) is 75.6 Å². The maximum Gasteiger partial charge on any atom is 0.186 e. The molecule has 8 heteroatoms. The van der Waals surface area contributed by atoms with Gasteiger partial charge in [-0.05, 0) is 23.7 Å². The number of methoxy groups -OCH3 is 1. The van der Waals surface area contributed by atoms with Gasteiger partial charge in [-0.25, -0.2) is 0 Å². The Bertz CT molecular complexity index is 886. The van der Waals surface area contributed by atoms with Gasteiger partial charge < -0.3 is 33.5 Å². The van der Waals surface area contributed by atoms with Gasteiger partial charge in [-0.3, -0.25) is 0 Å². The normalized spacial score (nSPS) is 29.4. The Morgan fingerprint density at radius 3 is 2.38 bits per heavy atom. The van der Waals surface area contributed by atoms with Gasteiger partial charge in [-0.2, -0.15) is 0 Å². The Balaban J connectivity index is 1.48. The molecule has 0 unspecified atom stereocenters. The molecular formula is C26H36O7Si. The summed E-state index contributed by atoms with van der Waals surface area (Å²) >= 11 is 0. The molecule has 0 aromatic heterocycles. The number of hydrogen-bond donors (Lipinski definition) is 1. The van der Waals surface area contributed by atoms with E-state index in [0.29, 0.717) is 19.8 Å². The SMILES string of the molecule is COc1ccc([C@@H]2OC[C@H]3O[C@@H](OCC[Si](C)(C)C)[C@H](O)[C@@H](OCc4ccccc4)[C@@H]3O2)cc1. The van der Waals surface area contributed by atoms with Crippen LogP contribution in [0.5, 0.6) is 5.75 Å². The molecule has 1 N–H and O–H groups in total. The first-order chi connectivity index (χ1) is 16.3. The van der Waals surface area contributed by atoms with Crippen LogP contribution in [0.2, 0.25) is 25.7 Å². The summed E-state index contributed by atoms with van der Waals surface area (Å²) in [4.78, 5) is 0. The standard InChI is InChI=1S/C26H36O7Si/c1-28-20-12-10-19(11-13-20)25-31-17-21-23(33-25)24(30-16-18-8-6-5-7-9-18)22(27)26(32-21)29-14-15-34(2,3)4/h5-13,21-27H,14-17H2,1-4H3/t21-,22-,23-,24-,25-,26-/m1/s1. The summed E-state index contributed by atoms with van der Waals surface area (Å²) in [6.07, 6.45) is -3.90. The van der Waals surface area contributed by atoms with E-state index in [2.05, 4.69) is 19.6 Å². The molecule has 2 aliphatic heterocycles.